The van der Waals surface area contributed by atoms with Crippen LogP contribution in [0.2, 0.25) is 0 Å². The summed E-state index contributed by atoms with van der Waals surface area (Å²) in [5.74, 6) is 0.339. The van der Waals surface area contributed by atoms with Crippen LogP contribution in [0, 0.1) is 5.92 Å². The van der Waals surface area contributed by atoms with E-state index < -0.39 is 30.0 Å². The van der Waals surface area contributed by atoms with Crippen molar-refractivity contribution in [1.82, 2.24) is 9.97 Å². The van der Waals surface area contributed by atoms with E-state index in [0.29, 0.717) is 39.2 Å². The molecule has 0 saturated heterocycles. The van der Waals surface area contributed by atoms with E-state index in [1.54, 1.807) is 31.2 Å². The molecule has 0 amide bonds. The van der Waals surface area contributed by atoms with Crippen LogP contribution < -0.4 is 10.1 Å². The third-order valence-corrected chi connectivity index (χ3v) is 7.38. The molecular weight excluding hydrogens is 487 g/mol. The number of fused-ring (bicyclic) bond motifs is 2. The highest BCUT2D eigenvalue weighted by Crippen LogP contribution is 2.48. The molecule has 1 aliphatic carbocycles. The highest BCUT2D eigenvalue weighted by Gasteiger charge is 2.43. The number of aliphatic hydroxyl groups is 1. The van der Waals surface area contributed by atoms with Gasteiger partial charge in [-0.3, -0.25) is 0 Å². The number of nitrogens with one attached hydrogen (secondary N) is 1. The molecule has 10 heteroatoms. The Balaban J connectivity index is 1.54. The molecule has 2 N–H and O–H groups in total. The molecule has 37 heavy (non-hydrogen) atoms. The molecule has 0 radical (unpaired) electrons. The molecule has 0 spiro atoms. The molecular formula is C27H28F3N3O4. The fourth-order valence-corrected chi connectivity index (χ4v) is 4.76. The normalized spacial score (nSPS) is 20.6. The fourth-order valence-electron chi connectivity index (χ4n) is 4.76. The van der Waals surface area contributed by atoms with Gasteiger partial charge in [-0.15, -0.1) is 0 Å². The quantitative estimate of drug-likeness (QED) is 0.390. The molecule has 3 heterocycles. The highest BCUT2D eigenvalue weighted by atomic mass is 19.4. The summed E-state index contributed by atoms with van der Waals surface area (Å²) in [5, 5.41) is 15.3. The number of benzene rings is 1. The zero-order chi connectivity index (χ0) is 26.8. The predicted molar refractivity (Wildman–Crippen MR) is 131 cm³/mol. The van der Waals surface area contributed by atoms with E-state index >= 15 is 0 Å². The van der Waals surface area contributed by atoms with Crippen molar-refractivity contribution in [2.75, 3.05) is 11.9 Å². The minimum atomic E-state index is -4.49. The summed E-state index contributed by atoms with van der Waals surface area (Å²) in [6, 6.07) is 8.02. The van der Waals surface area contributed by atoms with E-state index in [9.17, 15) is 23.1 Å². The lowest BCUT2D eigenvalue weighted by atomic mass is 9.84. The minimum absolute atomic E-state index is 0.0307. The Bertz CT molecular complexity index is 1380. The molecule has 0 bridgehead atoms. The van der Waals surface area contributed by atoms with Gasteiger partial charge in [0.05, 0.1) is 16.9 Å². The van der Waals surface area contributed by atoms with Gasteiger partial charge in [-0.1, -0.05) is 13.0 Å². The van der Waals surface area contributed by atoms with Gasteiger partial charge < -0.3 is 19.9 Å². The molecule has 7 nitrogen and oxygen atoms in total. The van der Waals surface area contributed by atoms with Gasteiger partial charge in [0.1, 0.15) is 23.0 Å². The molecule has 1 saturated carbocycles. The summed E-state index contributed by atoms with van der Waals surface area (Å²) in [7, 11) is 0. The van der Waals surface area contributed by atoms with Gasteiger partial charge in [0.2, 0.25) is 0 Å². The Hall–Kier alpha value is -3.40. The standard InChI is InChI=1S/C27H28F3N3O4/c1-14-23-16(24(34)37-25(14,2)3)7-10-21(33-23)32-22-11-17-18(12-31-22)20(36-13-27(28,29)30)9-8-19(17)26(4,35)15-5-6-15/h7-12,14-15,35H,5-6,13H2,1-4H3,(H,31,32,33)/t14-,26?/m1/s1. The van der Waals surface area contributed by atoms with E-state index in [4.69, 9.17) is 9.47 Å². The molecule has 1 aromatic carbocycles. The topological polar surface area (TPSA) is 93.6 Å². The second kappa shape index (κ2) is 8.58. The van der Waals surface area contributed by atoms with Gasteiger partial charge in [0.15, 0.2) is 6.61 Å². The highest BCUT2D eigenvalue weighted by molar-refractivity contribution is 5.94. The molecule has 5 rings (SSSR count). The van der Waals surface area contributed by atoms with Gasteiger partial charge in [-0.25, -0.2) is 14.8 Å². The maximum atomic E-state index is 12.8. The first-order chi connectivity index (χ1) is 17.3. The number of esters is 1. The first kappa shape index (κ1) is 25.3. The van der Waals surface area contributed by atoms with Gasteiger partial charge >= 0.3 is 12.1 Å². The van der Waals surface area contributed by atoms with Crippen LogP contribution in [-0.4, -0.2) is 39.4 Å². The third kappa shape index (κ3) is 4.82. The summed E-state index contributed by atoms with van der Waals surface area (Å²) in [6.07, 6.45) is -1.33. The van der Waals surface area contributed by atoms with Crippen molar-refractivity contribution in [2.45, 2.75) is 63.8 Å². The number of carbonyl (C=O) groups is 1. The van der Waals surface area contributed by atoms with Gasteiger partial charge in [0.25, 0.3) is 0 Å². The second-order valence-corrected chi connectivity index (χ2v) is 10.5. The van der Waals surface area contributed by atoms with E-state index in [0.717, 1.165) is 12.8 Å². The number of nitrogens with zero attached hydrogens (tertiary/aromatic N) is 2. The Kier molecular flexibility index (Phi) is 5.86. The number of cyclic esters (lactones) is 1. The number of ether oxygens (including phenoxy) is 2. The summed E-state index contributed by atoms with van der Waals surface area (Å²) in [6.45, 7) is 5.88. The number of anilines is 2. The third-order valence-electron chi connectivity index (χ3n) is 7.38. The van der Waals surface area contributed by atoms with Crippen LogP contribution in [0.15, 0.2) is 36.5 Å². The zero-order valence-corrected chi connectivity index (χ0v) is 20.9. The SMILES string of the molecule is C[C@@H]1c2nc(Nc3cc4c(C(C)(O)C5CC5)ccc(OCC(F)(F)F)c4cn3)ccc2C(=O)OC1(C)C. The number of halogens is 3. The van der Waals surface area contributed by atoms with Gasteiger partial charge in [-0.05, 0) is 74.7 Å². The van der Waals surface area contributed by atoms with Crippen LogP contribution in [0.1, 0.15) is 68.1 Å². The number of hydrogen-bond donors (Lipinski definition) is 2. The van der Waals surface area contributed by atoms with E-state index in [2.05, 4.69) is 15.3 Å². The first-order valence-electron chi connectivity index (χ1n) is 12.1. The molecule has 2 aromatic heterocycles. The lowest BCUT2D eigenvalue weighted by Gasteiger charge is -2.36. The molecule has 2 aliphatic rings. The Morgan fingerprint density at radius 3 is 2.57 bits per heavy atom. The lowest BCUT2D eigenvalue weighted by molar-refractivity contribution is -0.153. The average molecular weight is 516 g/mol. The van der Waals surface area contributed by atoms with Crippen molar-refractivity contribution in [3.05, 3.63) is 53.3 Å². The maximum Gasteiger partial charge on any atom is 0.422 e. The number of aromatic nitrogens is 2. The number of carbonyl (C=O) groups excluding carboxylic acids is 1. The largest absolute Gasteiger partial charge is 0.483 e. The molecule has 1 unspecified atom stereocenters. The number of alkyl halides is 3. The molecule has 196 valence electrons. The van der Waals surface area contributed by atoms with Crippen molar-refractivity contribution >= 4 is 28.4 Å². The Morgan fingerprint density at radius 2 is 1.89 bits per heavy atom. The van der Waals surface area contributed by atoms with Crippen LogP contribution >= 0.6 is 0 Å². The Morgan fingerprint density at radius 1 is 1.16 bits per heavy atom. The minimum Gasteiger partial charge on any atom is -0.483 e. The monoisotopic (exact) mass is 515 g/mol. The first-order valence-corrected chi connectivity index (χ1v) is 12.1. The molecule has 3 aromatic rings. The van der Waals surface area contributed by atoms with E-state index in [1.165, 1.54) is 12.3 Å². The van der Waals surface area contributed by atoms with Crippen LogP contribution in [0.25, 0.3) is 10.8 Å². The predicted octanol–water partition coefficient (Wildman–Crippen LogP) is 5.98. The summed E-state index contributed by atoms with van der Waals surface area (Å²) < 4.78 is 49.1. The summed E-state index contributed by atoms with van der Waals surface area (Å²) in [4.78, 5) is 21.4. The summed E-state index contributed by atoms with van der Waals surface area (Å²) in [5.41, 5.74) is -0.283. The summed E-state index contributed by atoms with van der Waals surface area (Å²) >= 11 is 0. The lowest BCUT2D eigenvalue weighted by Crippen LogP contribution is -2.39. The van der Waals surface area contributed by atoms with Crippen molar-refractivity contribution in [2.24, 2.45) is 5.92 Å². The van der Waals surface area contributed by atoms with Crippen LogP contribution in [0.4, 0.5) is 24.8 Å². The van der Waals surface area contributed by atoms with E-state index in [-0.39, 0.29) is 17.6 Å². The van der Waals surface area contributed by atoms with Crippen molar-refractivity contribution in [1.29, 1.82) is 0 Å². The van der Waals surface area contributed by atoms with Gasteiger partial charge in [-0.2, -0.15) is 13.2 Å². The van der Waals surface area contributed by atoms with Crippen LogP contribution in [0.3, 0.4) is 0 Å². The number of rotatable bonds is 6. The Labute approximate surface area is 212 Å². The average Bonchev–Trinajstić information content (AvgIpc) is 3.66. The molecule has 2 atom stereocenters. The van der Waals surface area contributed by atoms with Gasteiger partial charge in [0, 0.05) is 17.5 Å². The second-order valence-electron chi connectivity index (χ2n) is 10.5. The van der Waals surface area contributed by atoms with Crippen molar-refractivity contribution in [3.8, 4) is 5.75 Å². The zero-order valence-electron chi connectivity index (χ0n) is 20.9. The maximum absolute atomic E-state index is 12.8. The fraction of sp³-hybridized carbons (Fsp3) is 0.444. The molecule has 1 aliphatic heterocycles. The smallest absolute Gasteiger partial charge is 0.422 e. The van der Waals surface area contributed by atoms with Crippen LogP contribution in [0.5, 0.6) is 5.75 Å². The van der Waals surface area contributed by atoms with E-state index in [1.807, 2.05) is 20.8 Å². The van der Waals surface area contributed by atoms with Crippen molar-refractivity contribution < 1.29 is 32.5 Å². The number of pyridine rings is 2. The van der Waals surface area contributed by atoms with Crippen LogP contribution in [-0.2, 0) is 10.3 Å². The molecule has 1 fully saturated rings. The van der Waals surface area contributed by atoms with Crippen molar-refractivity contribution in [3.63, 3.8) is 0 Å². The number of hydrogen-bond acceptors (Lipinski definition) is 7.